The Morgan fingerprint density at radius 2 is 2.00 bits per heavy atom. The summed E-state index contributed by atoms with van der Waals surface area (Å²) in [4.78, 5) is 0. The molecule has 1 aromatic carbocycles. The molecule has 0 saturated heterocycles. The zero-order valence-corrected chi connectivity index (χ0v) is 12.0. The Kier molecular flexibility index (Phi) is 3.77. The smallest absolute Gasteiger partial charge is 0.238 e. The molecule has 0 radical (unpaired) electrons. The first-order valence-electron chi connectivity index (χ1n) is 5.90. The summed E-state index contributed by atoms with van der Waals surface area (Å²) in [7, 11) is -1.84. The summed E-state index contributed by atoms with van der Waals surface area (Å²) >= 11 is 0. The number of benzene rings is 1. The normalized spacial score (nSPS) is 11.1. The Bertz CT molecular complexity index is 755. The summed E-state index contributed by atoms with van der Waals surface area (Å²) in [5.41, 5.74) is 1.86. The minimum Gasteiger partial charge on any atom is -0.267 e. The third-order valence-corrected chi connectivity index (χ3v) is 3.94. The maximum absolute atomic E-state index is 12.1. The molecule has 0 aliphatic rings. The van der Waals surface area contributed by atoms with Gasteiger partial charge in [-0.2, -0.15) is 10.4 Å². The standard InChI is InChI=1S/C13H14N4O2S/c1-10-7-13(17(2)15-10)16-20(18,19)9-12-5-3-11(8-14)4-6-12/h3-7,16H,9H2,1-2H3. The van der Waals surface area contributed by atoms with Crippen molar-refractivity contribution < 1.29 is 8.42 Å². The van der Waals surface area contributed by atoms with Crippen LogP contribution in [0.2, 0.25) is 0 Å². The molecule has 0 spiro atoms. The van der Waals surface area contributed by atoms with Crippen molar-refractivity contribution in [1.82, 2.24) is 9.78 Å². The van der Waals surface area contributed by atoms with Gasteiger partial charge in [-0.15, -0.1) is 0 Å². The molecule has 0 amide bonds. The maximum Gasteiger partial charge on any atom is 0.238 e. The number of nitriles is 1. The van der Waals surface area contributed by atoms with E-state index in [1.54, 1.807) is 44.3 Å². The number of anilines is 1. The second-order valence-corrected chi connectivity index (χ2v) is 6.19. The third kappa shape index (κ3) is 3.36. The number of aryl methyl sites for hydroxylation is 2. The Labute approximate surface area is 117 Å². The van der Waals surface area contributed by atoms with Gasteiger partial charge in [0.25, 0.3) is 0 Å². The van der Waals surface area contributed by atoms with Crippen LogP contribution >= 0.6 is 0 Å². The van der Waals surface area contributed by atoms with Gasteiger partial charge in [0.05, 0.1) is 23.1 Å². The van der Waals surface area contributed by atoms with Crippen molar-refractivity contribution >= 4 is 15.8 Å². The molecule has 0 unspecified atom stereocenters. The Hall–Kier alpha value is -2.33. The Balaban J connectivity index is 2.15. The molecular formula is C13H14N4O2S. The van der Waals surface area contributed by atoms with Gasteiger partial charge in [-0.1, -0.05) is 12.1 Å². The molecule has 1 heterocycles. The minimum absolute atomic E-state index is 0.150. The molecule has 20 heavy (non-hydrogen) atoms. The molecule has 0 fully saturated rings. The number of rotatable bonds is 4. The summed E-state index contributed by atoms with van der Waals surface area (Å²) < 4.78 is 28.1. The summed E-state index contributed by atoms with van der Waals surface area (Å²) in [5.74, 6) is 0.277. The van der Waals surface area contributed by atoms with Crippen LogP contribution in [0.3, 0.4) is 0 Å². The fraction of sp³-hybridized carbons (Fsp3) is 0.231. The molecule has 0 saturated carbocycles. The maximum atomic E-state index is 12.1. The molecule has 0 aliphatic carbocycles. The second kappa shape index (κ2) is 5.35. The SMILES string of the molecule is Cc1cc(NS(=O)(=O)Cc2ccc(C#N)cc2)n(C)n1. The van der Waals surface area contributed by atoms with Gasteiger partial charge in [0.1, 0.15) is 5.82 Å². The van der Waals surface area contributed by atoms with Crippen LogP contribution in [-0.2, 0) is 22.8 Å². The minimum atomic E-state index is -3.51. The number of sulfonamides is 1. The lowest BCUT2D eigenvalue weighted by molar-refractivity contribution is 0.599. The van der Waals surface area contributed by atoms with Gasteiger partial charge in [-0.25, -0.2) is 8.42 Å². The van der Waals surface area contributed by atoms with Gasteiger partial charge in [0.2, 0.25) is 10.0 Å². The largest absolute Gasteiger partial charge is 0.267 e. The van der Waals surface area contributed by atoms with Crippen LogP contribution in [0.1, 0.15) is 16.8 Å². The molecule has 0 atom stereocenters. The fourth-order valence-electron chi connectivity index (χ4n) is 1.80. The first-order valence-corrected chi connectivity index (χ1v) is 7.55. The molecule has 7 heteroatoms. The van der Waals surface area contributed by atoms with Crippen molar-refractivity contribution in [3.8, 4) is 6.07 Å². The molecule has 104 valence electrons. The van der Waals surface area contributed by atoms with Gasteiger partial charge < -0.3 is 0 Å². The van der Waals surface area contributed by atoms with Crippen LogP contribution in [0.15, 0.2) is 30.3 Å². The quantitative estimate of drug-likeness (QED) is 0.925. The van der Waals surface area contributed by atoms with E-state index in [0.717, 1.165) is 5.69 Å². The van der Waals surface area contributed by atoms with Crippen molar-refractivity contribution in [3.05, 3.63) is 47.2 Å². The van der Waals surface area contributed by atoms with E-state index in [9.17, 15) is 8.42 Å². The molecular weight excluding hydrogens is 276 g/mol. The number of hydrogen-bond donors (Lipinski definition) is 1. The molecule has 1 aromatic heterocycles. The van der Waals surface area contributed by atoms with Gasteiger partial charge in [-0.3, -0.25) is 9.40 Å². The van der Waals surface area contributed by atoms with Crippen LogP contribution in [0.5, 0.6) is 0 Å². The molecule has 2 aromatic rings. The average molecular weight is 290 g/mol. The van der Waals surface area contributed by atoms with Crippen molar-refractivity contribution in [3.63, 3.8) is 0 Å². The van der Waals surface area contributed by atoms with Crippen molar-refractivity contribution in [2.75, 3.05) is 4.72 Å². The van der Waals surface area contributed by atoms with Crippen LogP contribution < -0.4 is 4.72 Å². The van der Waals surface area contributed by atoms with Gasteiger partial charge >= 0.3 is 0 Å². The Morgan fingerprint density at radius 1 is 1.35 bits per heavy atom. The van der Waals surface area contributed by atoms with E-state index >= 15 is 0 Å². The molecule has 6 nitrogen and oxygen atoms in total. The van der Waals surface area contributed by atoms with Crippen LogP contribution in [0.4, 0.5) is 5.82 Å². The molecule has 2 rings (SSSR count). The lowest BCUT2D eigenvalue weighted by Crippen LogP contribution is -2.17. The molecule has 0 bridgehead atoms. The third-order valence-electron chi connectivity index (χ3n) is 2.70. The fourth-order valence-corrected chi connectivity index (χ4v) is 3.01. The molecule has 0 aliphatic heterocycles. The number of hydrogen-bond acceptors (Lipinski definition) is 4. The summed E-state index contributed by atoms with van der Waals surface area (Å²) in [5, 5.41) is 12.8. The summed E-state index contributed by atoms with van der Waals surface area (Å²) in [6, 6.07) is 10.1. The van der Waals surface area contributed by atoms with Gasteiger partial charge in [0, 0.05) is 13.1 Å². The predicted molar refractivity (Wildman–Crippen MR) is 75.3 cm³/mol. The zero-order valence-electron chi connectivity index (χ0n) is 11.2. The van der Waals surface area contributed by atoms with Crippen LogP contribution in [0.25, 0.3) is 0 Å². The monoisotopic (exact) mass is 290 g/mol. The highest BCUT2D eigenvalue weighted by Gasteiger charge is 2.14. The van der Waals surface area contributed by atoms with Gasteiger partial charge in [0.15, 0.2) is 0 Å². The highest BCUT2D eigenvalue weighted by atomic mass is 32.2. The van der Waals surface area contributed by atoms with E-state index in [1.807, 2.05) is 6.07 Å². The molecule has 1 N–H and O–H groups in total. The van der Waals surface area contributed by atoms with E-state index in [-0.39, 0.29) is 5.75 Å². The highest BCUT2D eigenvalue weighted by Crippen LogP contribution is 2.14. The Morgan fingerprint density at radius 3 is 2.50 bits per heavy atom. The van der Waals surface area contributed by atoms with E-state index in [2.05, 4.69) is 9.82 Å². The van der Waals surface area contributed by atoms with E-state index < -0.39 is 10.0 Å². The van der Waals surface area contributed by atoms with Crippen LogP contribution in [-0.4, -0.2) is 18.2 Å². The first kappa shape index (κ1) is 14.1. The summed E-state index contributed by atoms with van der Waals surface area (Å²) in [6.07, 6.45) is 0. The average Bonchev–Trinajstić information content (AvgIpc) is 2.67. The van der Waals surface area contributed by atoms with Crippen molar-refractivity contribution in [1.29, 1.82) is 5.26 Å². The van der Waals surface area contributed by atoms with E-state index in [4.69, 9.17) is 5.26 Å². The van der Waals surface area contributed by atoms with Gasteiger partial charge in [-0.05, 0) is 24.6 Å². The predicted octanol–water partition coefficient (Wildman–Crippen LogP) is 1.54. The highest BCUT2D eigenvalue weighted by molar-refractivity contribution is 7.91. The first-order chi connectivity index (χ1) is 9.39. The van der Waals surface area contributed by atoms with Crippen LogP contribution in [0, 0.1) is 18.3 Å². The second-order valence-electron chi connectivity index (χ2n) is 4.46. The van der Waals surface area contributed by atoms with E-state index in [1.165, 1.54) is 4.68 Å². The number of nitrogens with one attached hydrogen (secondary N) is 1. The lowest BCUT2D eigenvalue weighted by atomic mass is 10.2. The topological polar surface area (TPSA) is 87.8 Å². The van der Waals surface area contributed by atoms with E-state index in [0.29, 0.717) is 16.9 Å². The van der Waals surface area contributed by atoms with Crippen molar-refractivity contribution in [2.24, 2.45) is 7.05 Å². The van der Waals surface area contributed by atoms with Crippen molar-refractivity contribution in [2.45, 2.75) is 12.7 Å². The number of aromatic nitrogens is 2. The number of nitrogens with zero attached hydrogens (tertiary/aromatic N) is 3. The summed E-state index contributed by atoms with van der Waals surface area (Å²) in [6.45, 7) is 1.79. The zero-order chi connectivity index (χ0) is 14.8. The lowest BCUT2D eigenvalue weighted by Gasteiger charge is -2.08.